The van der Waals surface area contributed by atoms with Gasteiger partial charge in [-0.15, -0.1) is 0 Å². The molecule has 198 valence electrons. The van der Waals surface area contributed by atoms with Gasteiger partial charge in [0.25, 0.3) is 0 Å². The maximum Gasteiger partial charge on any atom is 0.166 e. The van der Waals surface area contributed by atoms with Crippen molar-refractivity contribution in [2.45, 2.75) is 53.4 Å². The van der Waals surface area contributed by atoms with Crippen molar-refractivity contribution in [1.29, 1.82) is 0 Å². The molecule has 5 nitrogen and oxygen atoms in total. The van der Waals surface area contributed by atoms with Crippen LogP contribution in [0.25, 0.3) is 0 Å². The molecule has 2 N–H and O–H groups in total. The molecule has 39 heavy (non-hydrogen) atoms. The molecule has 0 saturated heterocycles. The van der Waals surface area contributed by atoms with Crippen molar-refractivity contribution >= 4 is 12.6 Å². The van der Waals surface area contributed by atoms with Gasteiger partial charge < -0.3 is 14.4 Å². The van der Waals surface area contributed by atoms with E-state index in [1.807, 2.05) is 24.3 Å². The van der Waals surface area contributed by atoms with Crippen LogP contribution < -0.4 is 0 Å². The normalized spacial score (nSPS) is 12.9. The Morgan fingerprint density at radius 1 is 0.564 bits per heavy atom. The molecule has 3 aromatic heterocycles. The summed E-state index contributed by atoms with van der Waals surface area (Å²) in [6.07, 6.45) is 1.66. The average Bonchev–Trinajstić information content (AvgIpc) is 3.64. The number of aromatic nitrogens is 2. The zero-order chi connectivity index (χ0) is 27.8. The number of furan rings is 1. The molecule has 0 radical (unpaired) electrons. The van der Waals surface area contributed by atoms with Gasteiger partial charge in [0.1, 0.15) is 11.5 Å². The molecule has 0 fully saturated rings. The van der Waals surface area contributed by atoms with Crippen LogP contribution in [0.2, 0.25) is 0 Å². The van der Waals surface area contributed by atoms with Crippen molar-refractivity contribution in [3.63, 3.8) is 0 Å². The van der Waals surface area contributed by atoms with Crippen molar-refractivity contribution in [3.8, 4) is 0 Å². The highest BCUT2D eigenvalue weighted by molar-refractivity contribution is 5.73. The lowest BCUT2D eigenvalue weighted by Crippen LogP contribution is -2.09. The SMILES string of the molecule is Cc1cc(C)c(C(c2ccc(C=O)[nH]2)c2ccc(C(c3ccc(C=O)[nH]3)c3c(C)cc(C)cc3C)o2)c(C)c1. The maximum atomic E-state index is 11.5. The summed E-state index contributed by atoms with van der Waals surface area (Å²) in [6, 6.07) is 20.3. The van der Waals surface area contributed by atoms with Gasteiger partial charge >= 0.3 is 0 Å². The van der Waals surface area contributed by atoms with E-state index in [2.05, 4.69) is 75.8 Å². The molecule has 0 amide bonds. The van der Waals surface area contributed by atoms with E-state index >= 15 is 0 Å². The standard InChI is InChI=1S/C34H34N2O3/c1-19-13-21(3)31(22(4)14-19)33(27-9-7-25(17-37)35-27)29-11-12-30(39-29)34(28-10-8-26(18-38)36-28)32-23(5)15-20(2)16-24(32)6/h7-18,33-36H,1-6H3. The van der Waals surface area contributed by atoms with Crippen molar-refractivity contribution in [2.75, 3.05) is 0 Å². The second kappa shape index (κ2) is 10.4. The van der Waals surface area contributed by atoms with Gasteiger partial charge in [-0.2, -0.15) is 0 Å². The molecule has 0 aliphatic heterocycles. The van der Waals surface area contributed by atoms with E-state index in [9.17, 15) is 9.59 Å². The summed E-state index contributed by atoms with van der Waals surface area (Å²) < 4.78 is 6.78. The summed E-state index contributed by atoms with van der Waals surface area (Å²) in [7, 11) is 0. The minimum Gasteiger partial charge on any atom is -0.464 e. The van der Waals surface area contributed by atoms with Crippen LogP contribution in [0.1, 0.15) is 100 Å². The molecule has 0 aliphatic rings. The number of rotatable bonds is 8. The third kappa shape index (κ3) is 4.92. The summed E-state index contributed by atoms with van der Waals surface area (Å²) in [5.74, 6) is 1.13. The van der Waals surface area contributed by atoms with Crippen LogP contribution in [0, 0.1) is 41.5 Å². The molecule has 0 spiro atoms. The highest BCUT2D eigenvalue weighted by Gasteiger charge is 2.30. The van der Waals surface area contributed by atoms with Gasteiger partial charge in [-0.1, -0.05) is 35.4 Å². The monoisotopic (exact) mass is 518 g/mol. The van der Waals surface area contributed by atoms with E-state index in [4.69, 9.17) is 4.42 Å². The van der Waals surface area contributed by atoms with Crippen LogP contribution in [0.3, 0.4) is 0 Å². The van der Waals surface area contributed by atoms with Crippen LogP contribution >= 0.6 is 0 Å². The zero-order valence-corrected chi connectivity index (χ0v) is 23.3. The number of hydrogen-bond acceptors (Lipinski definition) is 3. The zero-order valence-electron chi connectivity index (χ0n) is 23.3. The summed E-state index contributed by atoms with van der Waals surface area (Å²) >= 11 is 0. The number of carbonyl (C=O) groups excluding carboxylic acids is 2. The quantitative estimate of drug-likeness (QED) is 0.206. The first kappa shape index (κ1) is 26.2. The van der Waals surface area contributed by atoms with Crippen LogP contribution in [-0.2, 0) is 0 Å². The number of hydrogen-bond donors (Lipinski definition) is 2. The molecule has 0 bridgehead atoms. The fourth-order valence-corrected chi connectivity index (χ4v) is 6.21. The fraction of sp³-hybridized carbons (Fsp3) is 0.235. The largest absolute Gasteiger partial charge is 0.464 e. The lowest BCUT2D eigenvalue weighted by molar-refractivity contribution is 0.111. The Kier molecular flexibility index (Phi) is 7.00. The van der Waals surface area contributed by atoms with Crippen LogP contribution in [0.5, 0.6) is 0 Å². The Labute approximate surface area is 229 Å². The second-order valence-electron chi connectivity index (χ2n) is 10.7. The molecule has 2 aromatic carbocycles. The lowest BCUT2D eigenvalue weighted by atomic mass is 9.85. The van der Waals surface area contributed by atoms with Crippen molar-refractivity contribution in [2.24, 2.45) is 0 Å². The molecular weight excluding hydrogens is 484 g/mol. The van der Waals surface area contributed by atoms with Gasteiger partial charge in [-0.3, -0.25) is 9.59 Å². The average molecular weight is 519 g/mol. The molecule has 3 heterocycles. The minimum absolute atomic E-state index is 0.219. The first-order valence-corrected chi connectivity index (χ1v) is 13.2. The number of benzene rings is 2. The molecule has 2 unspecified atom stereocenters. The fourth-order valence-electron chi connectivity index (χ4n) is 6.21. The van der Waals surface area contributed by atoms with E-state index in [1.54, 1.807) is 12.1 Å². The summed E-state index contributed by atoms with van der Waals surface area (Å²) in [6.45, 7) is 12.7. The Bertz CT molecular complexity index is 1510. The van der Waals surface area contributed by atoms with Crippen molar-refractivity contribution in [1.82, 2.24) is 9.97 Å². The van der Waals surface area contributed by atoms with Crippen molar-refractivity contribution < 1.29 is 14.0 Å². The topological polar surface area (TPSA) is 78.9 Å². The number of aromatic amines is 2. The number of carbonyl (C=O) groups is 2. The molecule has 5 rings (SSSR count). The van der Waals surface area contributed by atoms with Crippen LogP contribution in [0.4, 0.5) is 0 Å². The van der Waals surface area contributed by atoms with Crippen molar-refractivity contribution in [3.05, 3.63) is 139 Å². The van der Waals surface area contributed by atoms with E-state index < -0.39 is 0 Å². The van der Waals surface area contributed by atoms with Gasteiger partial charge in [0, 0.05) is 11.4 Å². The second-order valence-corrected chi connectivity index (χ2v) is 10.7. The third-order valence-electron chi connectivity index (χ3n) is 7.61. The van der Waals surface area contributed by atoms with E-state index in [-0.39, 0.29) is 11.8 Å². The summed E-state index contributed by atoms with van der Waals surface area (Å²) in [5.41, 5.74) is 12.2. The van der Waals surface area contributed by atoms with Gasteiger partial charge in [-0.25, -0.2) is 0 Å². The van der Waals surface area contributed by atoms with Gasteiger partial charge in [-0.05, 0) is 111 Å². The van der Waals surface area contributed by atoms with Gasteiger partial charge in [0.05, 0.1) is 23.2 Å². The van der Waals surface area contributed by atoms with Gasteiger partial charge in [0.2, 0.25) is 0 Å². The molecular formula is C34H34N2O3. The molecule has 0 saturated carbocycles. The summed E-state index contributed by atoms with van der Waals surface area (Å²) in [5, 5.41) is 0. The van der Waals surface area contributed by atoms with E-state index in [0.29, 0.717) is 11.4 Å². The van der Waals surface area contributed by atoms with Crippen LogP contribution in [0.15, 0.2) is 65.1 Å². The number of H-pyrrole nitrogens is 2. The van der Waals surface area contributed by atoms with Crippen LogP contribution in [-0.4, -0.2) is 22.5 Å². The summed E-state index contributed by atoms with van der Waals surface area (Å²) in [4.78, 5) is 29.7. The molecule has 0 aliphatic carbocycles. The smallest absolute Gasteiger partial charge is 0.166 e. The number of aryl methyl sites for hydroxylation is 6. The first-order chi connectivity index (χ1) is 18.7. The predicted octanol–water partition coefficient (Wildman–Crippen LogP) is 7.77. The first-order valence-electron chi connectivity index (χ1n) is 13.2. The highest BCUT2D eigenvalue weighted by atomic mass is 16.3. The Hall–Kier alpha value is -4.38. The molecule has 5 aromatic rings. The predicted molar refractivity (Wildman–Crippen MR) is 154 cm³/mol. The van der Waals surface area contributed by atoms with E-state index in [0.717, 1.165) is 46.6 Å². The minimum atomic E-state index is -0.219. The van der Waals surface area contributed by atoms with E-state index in [1.165, 1.54) is 33.4 Å². The maximum absolute atomic E-state index is 11.5. The molecule has 2 atom stereocenters. The third-order valence-corrected chi connectivity index (χ3v) is 7.61. The lowest BCUT2D eigenvalue weighted by Gasteiger charge is -2.22. The van der Waals surface area contributed by atoms with Gasteiger partial charge in [0.15, 0.2) is 12.6 Å². The Morgan fingerprint density at radius 2 is 0.923 bits per heavy atom. The number of nitrogens with one attached hydrogen (secondary N) is 2. The Morgan fingerprint density at radius 3 is 1.23 bits per heavy atom. The number of aldehydes is 2. The Balaban J connectivity index is 1.71. The molecule has 5 heteroatoms. The highest BCUT2D eigenvalue weighted by Crippen LogP contribution is 2.41.